The monoisotopic (exact) mass is 206 g/mol. The van der Waals surface area contributed by atoms with Crippen molar-refractivity contribution in [3.05, 3.63) is 18.1 Å². The number of aromatic nitrogens is 2. The number of rotatable bonds is 4. The highest BCUT2D eigenvalue weighted by Crippen LogP contribution is 2.18. The van der Waals surface area contributed by atoms with E-state index in [1.54, 1.807) is 12.4 Å². The molecule has 0 atom stereocenters. The molecule has 0 unspecified atom stereocenters. The normalized spacial score (nSPS) is 15.1. The topological polar surface area (TPSA) is 41.0 Å². The van der Waals surface area contributed by atoms with Gasteiger partial charge in [0, 0.05) is 25.5 Å². The van der Waals surface area contributed by atoms with Gasteiger partial charge in [0.2, 0.25) is 0 Å². The zero-order chi connectivity index (χ0) is 10.5. The summed E-state index contributed by atoms with van der Waals surface area (Å²) in [4.78, 5) is 11.0. The van der Waals surface area contributed by atoms with Gasteiger partial charge in [0.15, 0.2) is 5.82 Å². The molecule has 1 aliphatic rings. The predicted molar refractivity (Wildman–Crippen MR) is 60.6 cm³/mol. The van der Waals surface area contributed by atoms with Gasteiger partial charge < -0.3 is 4.90 Å². The highest BCUT2D eigenvalue weighted by molar-refractivity contribution is 5.44. The van der Waals surface area contributed by atoms with Crippen molar-refractivity contribution in [3.8, 4) is 0 Å². The summed E-state index contributed by atoms with van der Waals surface area (Å²) in [6.07, 6.45) is 7.31. The first-order valence-corrected chi connectivity index (χ1v) is 5.67. The fraction of sp³-hybridized carbons (Fsp3) is 0.636. The number of hydrogen-bond donors (Lipinski definition) is 1. The van der Waals surface area contributed by atoms with Gasteiger partial charge in [0.05, 0.1) is 12.4 Å². The molecule has 0 amide bonds. The van der Waals surface area contributed by atoms with Crippen molar-refractivity contribution in [2.45, 2.75) is 32.7 Å². The molecule has 1 N–H and O–H groups in total. The minimum absolute atomic E-state index is 0.841. The molecular weight excluding hydrogens is 188 g/mol. The number of unbranched alkanes of at least 4 members (excludes halogenated alkanes) is 2. The predicted octanol–water partition coefficient (Wildman–Crippen LogP) is 1.53. The molecule has 4 nitrogen and oxygen atoms in total. The fourth-order valence-electron chi connectivity index (χ4n) is 1.87. The van der Waals surface area contributed by atoms with E-state index in [9.17, 15) is 0 Å². The van der Waals surface area contributed by atoms with Gasteiger partial charge in [-0.1, -0.05) is 19.8 Å². The van der Waals surface area contributed by atoms with E-state index in [0.29, 0.717) is 0 Å². The molecule has 0 radical (unpaired) electrons. The summed E-state index contributed by atoms with van der Waals surface area (Å²) in [7, 11) is 0. The minimum atomic E-state index is 0.841. The van der Waals surface area contributed by atoms with Gasteiger partial charge >= 0.3 is 0 Å². The van der Waals surface area contributed by atoms with Crippen LogP contribution in [-0.4, -0.2) is 23.2 Å². The minimum Gasteiger partial charge on any atom is -0.342 e. The second-order valence-electron chi connectivity index (χ2n) is 3.88. The third-order valence-corrected chi connectivity index (χ3v) is 2.68. The van der Waals surface area contributed by atoms with Gasteiger partial charge in [-0.15, -0.1) is 0 Å². The highest BCUT2D eigenvalue weighted by Gasteiger charge is 2.17. The van der Waals surface area contributed by atoms with E-state index in [1.165, 1.54) is 19.3 Å². The zero-order valence-corrected chi connectivity index (χ0v) is 9.24. The molecule has 0 aromatic carbocycles. The molecule has 0 aliphatic carbocycles. The van der Waals surface area contributed by atoms with E-state index < -0.39 is 0 Å². The van der Waals surface area contributed by atoms with Gasteiger partial charge in [-0.2, -0.15) is 0 Å². The zero-order valence-electron chi connectivity index (χ0n) is 9.24. The van der Waals surface area contributed by atoms with Crippen molar-refractivity contribution >= 4 is 5.82 Å². The van der Waals surface area contributed by atoms with Gasteiger partial charge in [-0.3, -0.25) is 10.3 Å². The highest BCUT2D eigenvalue weighted by atomic mass is 15.3. The number of hydrogen-bond acceptors (Lipinski definition) is 4. The van der Waals surface area contributed by atoms with Crippen molar-refractivity contribution < 1.29 is 0 Å². The number of nitrogens with zero attached hydrogens (tertiary/aromatic N) is 3. The molecule has 1 aliphatic heterocycles. The Labute approximate surface area is 90.7 Å². The maximum absolute atomic E-state index is 4.40. The Hall–Kier alpha value is -1.16. The Balaban J connectivity index is 2.02. The lowest BCUT2D eigenvalue weighted by Gasteiger charge is -2.29. The van der Waals surface area contributed by atoms with E-state index in [4.69, 9.17) is 0 Å². The lowest BCUT2D eigenvalue weighted by molar-refractivity contribution is 0.570. The van der Waals surface area contributed by atoms with Crippen molar-refractivity contribution in [1.29, 1.82) is 0 Å². The van der Waals surface area contributed by atoms with Crippen LogP contribution in [0.15, 0.2) is 12.4 Å². The second-order valence-corrected chi connectivity index (χ2v) is 3.88. The molecule has 0 bridgehead atoms. The van der Waals surface area contributed by atoms with Gasteiger partial charge in [0.25, 0.3) is 0 Å². The smallest absolute Gasteiger partial charge is 0.152 e. The molecular formula is C11H18N4. The molecule has 2 heterocycles. The fourth-order valence-corrected chi connectivity index (χ4v) is 1.87. The van der Waals surface area contributed by atoms with Crippen LogP contribution in [0.2, 0.25) is 0 Å². The van der Waals surface area contributed by atoms with Crippen LogP contribution in [-0.2, 0) is 6.54 Å². The maximum Gasteiger partial charge on any atom is 0.152 e. The Bertz CT molecular complexity index is 313. The molecule has 15 heavy (non-hydrogen) atoms. The Morgan fingerprint density at radius 1 is 1.33 bits per heavy atom. The van der Waals surface area contributed by atoms with Gasteiger partial charge in [0.1, 0.15) is 0 Å². The molecule has 0 fully saturated rings. The molecule has 0 saturated heterocycles. The molecule has 0 spiro atoms. The summed E-state index contributed by atoms with van der Waals surface area (Å²) in [5, 5.41) is 3.34. The van der Waals surface area contributed by atoms with Crippen LogP contribution in [0, 0.1) is 0 Å². The van der Waals surface area contributed by atoms with E-state index in [1.807, 2.05) is 0 Å². The second kappa shape index (κ2) is 5.07. The molecule has 1 aromatic rings. The summed E-state index contributed by atoms with van der Waals surface area (Å²) in [5.41, 5.74) is 1.07. The number of fused-ring (bicyclic) bond motifs is 1. The van der Waals surface area contributed by atoms with Crippen molar-refractivity contribution in [1.82, 2.24) is 15.3 Å². The van der Waals surface area contributed by atoms with Gasteiger partial charge in [-0.25, -0.2) is 4.98 Å². The molecule has 4 heteroatoms. The third-order valence-electron chi connectivity index (χ3n) is 2.68. The van der Waals surface area contributed by atoms with E-state index in [-0.39, 0.29) is 0 Å². The summed E-state index contributed by atoms with van der Waals surface area (Å²) in [5.74, 6) is 1.06. The van der Waals surface area contributed by atoms with Crippen molar-refractivity contribution in [3.63, 3.8) is 0 Å². The number of nitrogens with one attached hydrogen (secondary N) is 1. The first-order chi connectivity index (χ1) is 7.42. The molecule has 1 aromatic heterocycles. The van der Waals surface area contributed by atoms with Gasteiger partial charge in [-0.05, 0) is 6.42 Å². The first-order valence-electron chi connectivity index (χ1n) is 5.67. The maximum atomic E-state index is 4.40. The third kappa shape index (κ3) is 2.45. The number of anilines is 1. The molecule has 2 rings (SSSR count). The van der Waals surface area contributed by atoms with E-state index in [0.717, 1.165) is 31.3 Å². The van der Waals surface area contributed by atoms with Crippen LogP contribution in [0.1, 0.15) is 31.9 Å². The lowest BCUT2D eigenvalue weighted by Crippen LogP contribution is -2.40. The van der Waals surface area contributed by atoms with E-state index in [2.05, 4.69) is 27.1 Å². The first kappa shape index (κ1) is 10.4. The van der Waals surface area contributed by atoms with Crippen molar-refractivity contribution in [2.75, 3.05) is 18.1 Å². The van der Waals surface area contributed by atoms with Crippen LogP contribution in [0.4, 0.5) is 5.82 Å². The Kier molecular flexibility index (Phi) is 3.50. The largest absolute Gasteiger partial charge is 0.342 e. The van der Waals surface area contributed by atoms with Crippen LogP contribution < -0.4 is 10.2 Å². The van der Waals surface area contributed by atoms with Crippen LogP contribution in [0.3, 0.4) is 0 Å². The molecule has 82 valence electrons. The lowest BCUT2D eigenvalue weighted by atomic mass is 10.2. The standard InChI is InChI=1S/C11H18N4/c1-2-3-4-7-15-9-12-8-10-11(15)14-6-5-13-10/h5-6,12H,2-4,7-9H2,1H3. The van der Waals surface area contributed by atoms with Crippen LogP contribution in [0.25, 0.3) is 0 Å². The van der Waals surface area contributed by atoms with E-state index >= 15 is 0 Å². The Morgan fingerprint density at radius 2 is 2.20 bits per heavy atom. The van der Waals surface area contributed by atoms with Crippen LogP contribution >= 0.6 is 0 Å². The summed E-state index contributed by atoms with van der Waals surface area (Å²) >= 11 is 0. The average Bonchev–Trinajstić information content (AvgIpc) is 2.30. The van der Waals surface area contributed by atoms with Crippen LogP contribution in [0.5, 0.6) is 0 Å². The summed E-state index contributed by atoms with van der Waals surface area (Å²) < 4.78 is 0. The summed E-state index contributed by atoms with van der Waals surface area (Å²) in [6, 6.07) is 0. The Morgan fingerprint density at radius 3 is 3.07 bits per heavy atom. The summed E-state index contributed by atoms with van der Waals surface area (Å²) in [6.45, 7) is 5.04. The quantitative estimate of drug-likeness (QED) is 0.759. The average molecular weight is 206 g/mol. The van der Waals surface area contributed by atoms with Crippen molar-refractivity contribution in [2.24, 2.45) is 0 Å². The molecule has 0 saturated carbocycles. The SMILES string of the molecule is CCCCCN1CNCc2nccnc21.